The summed E-state index contributed by atoms with van der Waals surface area (Å²) in [6, 6.07) is 21.4. The van der Waals surface area contributed by atoms with Crippen LogP contribution in [-0.4, -0.2) is 38.3 Å². The highest BCUT2D eigenvalue weighted by atomic mass is 32.2. The van der Waals surface area contributed by atoms with Crippen LogP contribution in [0, 0.1) is 6.92 Å². The molecule has 0 aromatic heterocycles. The Labute approximate surface area is 206 Å². The Bertz CT molecular complexity index is 1310. The van der Waals surface area contributed by atoms with Gasteiger partial charge in [0.25, 0.3) is 10.0 Å². The van der Waals surface area contributed by atoms with Crippen LogP contribution in [0.5, 0.6) is 0 Å². The largest absolute Gasteiger partial charge is 0.331 e. The molecule has 0 fully saturated rings. The number of fused-ring (bicyclic) bond motifs is 1. The summed E-state index contributed by atoms with van der Waals surface area (Å²) in [5.41, 5.74) is 4.91. The van der Waals surface area contributed by atoms with Gasteiger partial charge in [0.05, 0.1) is 4.90 Å². The van der Waals surface area contributed by atoms with Crippen LogP contribution < -0.4 is 10.0 Å². The molecule has 35 heavy (non-hydrogen) atoms. The predicted molar refractivity (Wildman–Crippen MR) is 136 cm³/mol. The van der Waals surface area contributed by atoms with E-state index in [1.807, 2.05) is 55.5 Å². The molecular weight excluding hydrogens is 462 g/mol. The van der Waals surface area contributed by atoms with E-state index in [4.69, 9.17) is 0 Å². The third kappa shape index (κ3) is 6.48. The number of hydrogen-bond acceptors (Lipinski definition) is 4. The van der Waals surface area contributed by atoms with E-state index in [9.17, 15) is 18.0 Å². The van der Waals surface area contributed by atoms with Crippen molar-refractivity contribution < 1.29 is 18.0 Å². The second-order valence-corrected chi connectivity index (χ2v) is 10.4. The number of carbonyl (C=O) groups is 2. The topological polar surface area (TPSA) is 95.6 Å². The molecule has 4 rings (SSSR count). The minimum Gasteiger partial charge on any atom is -0.326 e. The number of sulfonamides is 1. The number of aryl methyl sites for hydroxylation is 2. The quantitative estimate of drug-likeness (QED) is 0.544. The van der Waals surface area contributed by atoms with E-state index < -0.39 is 16.1 Å². The van der Waals surface area contributed by atoms with Crippen molar-refractivity contribution in [3.63, 3.8) is 0 Å². The number of carbonyl (C=O) groups excluding carboxylic acids is 2. The lowest BCUT2D eigenvalue weighted by Crippen LogP contribution is -2.43. The molecule has 8 heteroatoms. The molecule has 0 saturated carbocycles. The summed E-state index contributed by atoms with van der Waals surface area (Å²) in [6.07, 6.45) is 2.24. The summed E-state index contributed by atoms with van der Waals surface area (Å²) < 4.78 is 27.4. The smallest absolute Gasteiger partial charge is 0.326 e. The predicted octanol–water partition coefficient (Wildman–Crippen LogP) is 4.07. The minimum atomic E-state index is -3.94. The molecular formula is C27H29N3O4S. The normalized spacial score (nSPS) is 13.5. The van der Waals surface area contributed by atoms with E-state index >= 15 is 0 Å². The van der Waals surface area contributed by atoms with E-state index in [1.54, 1.807) is 12.1 Å². The highest BCUT2D eigenvalue weighted by Gasteiger charge is 2.24. The van der Waals surface area contributed by atoms with Crippen LogP contribution >= 0.6 is 0 Å². The van der Waals surface area contributed by atoms with Crippen LogP contribution in [0.1, 0.15) is 28.7 Å². The third-order valence-electron chi connectivity index (χ3n) is 6.12. The van der Waals surface area contributed by atoms with Crippen molar-refractivity contribution in [1.29, 1.82) is 0 Å². The van der Waals surface area contributed by atoms with Crippen LogP contribution in [0.25, 0.3) is 0 Å². The maximum absolute atomic E-state index is 12.7. The van der Waals surface area contributed by atoms with Crippen molar-refractivity contribution in [2.45, 2.75) is 37.5 Å². The van der Waals surface area contributed by atoms with Gasteiger partial charge in [0.15, 0.2) is 0 Å². The molecule has 0 radical (unpaired) electrons. The second kappa shape index (κ2) is 10.7. The van der Waals surface area contributed by atoms with Gasteiger partial charge in [0.2, 0.25) is 5.91 Å². The molecule has 0 atom stereocenters. The van der Waals surface area contributed by atoms with Crippen LogP contribution in [-0.2, 0) is 34.1 Å². The SMILES string of the molecule is Cc1ccc(S(=O)(=O)NC(=O)N2CCc3ccc(NC(=O)CCc4ccccc4)cc3CC2)cc1. The Balaban J connectivity index is 1.34. The number of nitrogens with zero attached hydrogens (tertiary/aromatic N) is 1. The summed E-state index contributed by atoms with van der Waals surface area (Å²) in [5.74, 6) is -0.0512. The average molecular weight is 492 g/mol. The first-order chi connectivity index (χ1) is 16.8. The fraction of sp³-hybridized carbons (Fsp3) is 0.259. The van der Waals surface area contributed by atoms with Gasteiger partial charge in [-0.3, -0.25) is 4.79 Å². The minimum absolute atomic E-state index is 0.0512. The monoisotopic (exact) mass is 491 g/mol. The van der Waals surface area contributed by atoms with Crippen LogP contribution in [0.15, 0.2) is 77.7 Å². The average Bonchev–Trinajstić information content (AvgIpc) is 3.06. The molecule has 0 bridgehead atoms. The Morgan fingerprint density at radius 2 is 1.57 bits per heavy atom. The second-order valence-electron chi connectivity index (χ2n) is 8.73. The van der Waals surface area contributed by atoms with Gasteiger partial charge < -0.3 is 10.2 Å². The van der Waals surface area contributed by atoms with E-state index in [2.05, 4.69) is 10.0 Å². The summed E-state index contributed by atoms with van der Waals surface area (Å²) in [6.45, 7) is 2.66. The summed E-state index contributed by atoms with van der Waals surface area (Å²) >= 11 is 0. The maximum Gasteiger partial charge on any atom is 0.331 e. The zero-order valence-corrected chi connectivity index (χ0v) is 20.5. The standard InChI is InChI=1S/C27H29N3O4S/c1-20-7-12-25(13-8-20)35(33,34)29-27(32)30-17-15-22-10-11-24(19-23(22)16-18-30)28-26(31)14-9-21-5-3-2-4-6-21/h2-8,10-13,19H,9,14-18H2,1H3,(H,28,31)(H,29,32). The lowest BCUT2D eigenvalue weighted by Gasteiger charge is -2.20. The maximum atomic E-state index is 12.7. The van der Waals surface area contributed by atoms with Crippen LogP contribution in [0.3, 0.4) is 0 Å². The number of hydrogen-bond donors (Lipinski definition) is 2. The molecule has 0 unspecified atom stereocenters. The molecule has 0 spiro atoms. The first-order valence-electron chi connectivity index (χ1n) is 11.6. The van der Waals surface area contributed by atoms with Gasteiger partial charge in [-0.25, -0.2) is 17.9 Å². The molecule has 1 heterocycles. The number of anilines is 1. The lowest BCUT2D eigenvalue weighted by molar-refractivity contribution is -0.116. The van der Waals surface area contributed by atoms with E-state index in [0.29, 0.717) is 38.8 Å². The molecule has 0 aliphatic carbocycles. The molecule has 3 amide bonds. The molecule has 2 N–H and O–H groups in total. The lowest BCUT2D eigenvalue weighted by atomic mass is 10.0. The number of rotatable bonds is 6. The van der Waals surface area contributed by atoms with Gasteiger partial charge in [-0.1, -0.05) is 54.1 Å². The van der Waals surface area contributed by atoms with Crippen molar-refractivity contribution in [2.24, 2.45) is 0 Å². The van der Waals surface area contributed by atoms with E-state index in [-0.39, 0.29) is 10.8 Å². The summed E-state index contributed by atoms with van der Waals surface area (Å²) in [5, 5.41) is 2.96. The van der Waals surface area contributed by atoms with Gasteiger partial charge in [-0.05, 0) is 67.1 Å². The Kier molecular flexibility index (Phi) is 7.51. The number of amides is 3. The van der Waals surface area contributed by atoms with Crippen LogP contribution in [0.4, 0.5) is 10.5 Å². The molecule has 1 aliphatic rings. The van der Waals surface area contributed by atoms with Crippen molar-refractivity contribution in [1.82, 2.24) is 9.62 Å². The fourth-order valence-corrected chi connectivity index (χ4v) is 5.06. The Morgan fingerprint density at radius 1 is 0.886 bits per heavy atom. The third-order valence-corrected chi connectivity index (χ3v) is 7.45. The molecule has 3 aromatic carbocycles. The number of benzene rings is 3. The molecule has 7 nitrogen and oxygen atoms in total. The van der Waals surface area contributed by atoms with E-state index in [1.165, 1.54) is 17.0 Å². The zero-order chi connectivity index (χ0) is 24.8. The van der Waals surface area contributed by atoms with Crippen molar-refractivity contribution >= 4 is 27.6 Å². The summed E-state index contributed by atoms with van der Waals surface area (Å²) in [7, 11) is -3.94. The number of urea groups is 1. The van der Waals surface area contributed by atoms with Gasteiger partial charge in [-0.15, -0.1) is 0 Å². The molecule has 3 aromatic rings. The molecule has 182 valence electrons. The van der Waals surface area contributed by atoms with Crippen molar-refractivity contribution in [3.05, 3.63) is 95.1 Å². The molecule has 1 aliphatic heterocycles. The zero-order valence-electron chi connectivity index (χ0n) is 19.7. The first kappa shape index (κ1) is 24.5. The van der Waals surface area contributed by atoms with E-state index in [0.717, 1.165) is 27.9 Å². The molecule has 0 saturated heterocycles. The van der Waals surface area contributed by atoms with Gasteiger partial charge in [0, 0.05) is 25.2 Å². The van der Waals surface area contributed by atoms with Crippen LogP contribution in [0.2, 0.25) is 0 Å². The first-order valence-corrected chi connectivity index (χ1v) is 13.1. The van der Waals surface area contributed by atoms with Crippen molar-refractivity contribution in [3.8, 4) is 0 Å². The van der Waals surface area contributed by atoms with Gasteiger partial charge >= 0.3 is 6.03 Å². The highest BCUT2D eigenvalue weighted by Crippen LogP contribution is 2.21. The van der Waals surface area contributed by atoms with Gasteiger partial charge in [-0.2, -0.15) is 0 Å². The Morgan fingerprint density at radius 3 is 2.29 bits per heavy atom. The number of nitrogens with one attached hydrogen (secondary N) is 2. The van der Waals surface area contributed by atoms with Gasteiger partial charge in [0.1, 0.15) is 0 Å². The summed E-state index contributed by atoms with van der Waals surface area (Å²) in [4.78, 5) is 26.7. The van der Waals surface area contributed by atoms with Crippen molar-refractivity contribution in [2.75, 3.05) is 18.4 Å². The highest BCUT2D eigenvalue weighted by molar-refractivity contribution is 7.90. The Hall–Kier alpha value is -3.65. The fourth-order valence-electron chi connectivity index (χ4n) is 4.09.